The number of aromatic nitrogens is 2. The summed E-state index contributed by atoms with van der Waals surface area (Å²) in [6.07, 6.45) is -0.0145. The molecule has 1 aromatic rings. The number of ether oxygens (including phenoxy) is 1. The lowest BCUT2D eigenvalue weighted by molar-refractivity contribution is -0.137. The third kappa shape index (κ3) is 2.33. The Morgan fingerprint density at radius 2 is 2.31 bits per heavy atom. The van der Waals surface area contributed by atoms with E-state index in [1.165, 1.54) is 7.11 Å². The summed E-state index contributed by atoms with van der Waals surface area (Å²) in [4.78, 5) is 10.7. The van der Waals surface area contributed by atoms with Crippen molar-refractivity contribution in [1.29, 1.82) is 0 Å². The van der Waals surface area contributed by atoms with Gasteiger partial charge in [0.05, 0.1) is 19.2 Å². The van der Waals surface area contributed by atoms with E-state index in [0.29, 0.717) is 5.88 Å². The smallest absolute Gasteiger partial charge is 0.304 e. The lowest BCUT2D eigenvalue weighted by Gasteiger charge is -2.13. The van der Waals surface area contributed by atoms with Crippen molar-refractivity contribution in [1.82, 2.24) is 9.78 Å². The zero-order valence-corrected chi connectivity index (χ0v) is 9.73. The van der Waals surface area contributed by atoms with E-state index in [2.05, 4.69) is 5.10 Å². The van der Waals surface area contributed by atoms with Crippen LogP contribution >= 0.6 is 0 Å². The molecule has 0 saturated heterocycles. The number of carboxylic acids is 1. The average molecular weight is 227 g/mol. The number of methoxy groups -OCH3 is 1. The quantitative estimate of drug-likeness (QED) is 0.752. The van der Waals surface area contributed by atoms with Gasteiger partial charge in [-0.2, -0.15) is 5.10 Å². The molecule has 0 aliphatic heterocycles. The van der Waals surface area contributed by atoms with Crippen molar-refractivity contribution < 1.29 is 14.6 Å². The van der Waals surface area contributed by atoms with Crippen LogP contribution in [0.25, 0.3) is 0 Å². The van der Waals surface area contributed by atoms with Crippen LogP contribution in [0.1, 0.15) is 23.6 Å². The van der Waals surface area contributed by atoms with Gasteiger partial charge in [-0.25, -0.2) is 4.68 Å². The Kier molecular flexibility index (Phi) is 3.89. The summed E-state index contributed by atoms with van der Waals surface area (Å²) in [7, 11) is 3.29. The molecule has 1 atom stereocenters. The van der Waals surface area contributed by atoms with Crippen LogP contribution in [0.2, 0.25) is 0 Å². The van der Waals surface area contributed by atoms with Crippen LogP contribution in [-0.4, -0.2) is 34.5 Å². The molecular formula is C10H17N3O3. The molecule has 90 valence electrons. The molecule has 1 unspecified atom stereocenters. The monoisotopic (exact) mass is 227 g/mol. The number of hydrogen-bond acceptors (Lipinski definition) is 4. The van der Waals surface area contributed by atoms with Gasteiger partial charge in [-0.15, -0.1) is 0 Å². The molecule has 6 nitrogen and oxygen atoms in total. The van der Waals surface area contributed by atoms with E-state index in [4.69, 9.17) is 15.6 Å². The average Bonchev–Trinajstić information content (AvgIpc) is 2.49. The molecule has 16 heavy (non-hydrogen) atoms. The second-order valence-electron chi connectivity index (χ2n) is 3.66. The summed E-state index contributed by atoms with van der Waals surface area (Å²) in [5, 5.41) is 13.0. The maximum absolute atomic E-state index is 10.7. The molecule has 6 heteroatoms. The van der Waals surface area contributed by atoms with Crippen molar-refractivity contribution in [3.63, 3.8) is 0 Å². The largest absolute Gasteiger partial charge is 0.481 e. The minimum absolute atomic E-state index is 0.0145. The molecule has 0 bridgehead atoms. The standard InChI is InChI=1S/C10H17N3O3/c1-6-9(7(5-11)4-8(14)15)10(16-3)13(2)12-6/h7H,4-5,11H2,1-3H3,(H,14,15). The van der Waals surface area contributed by atoms with Gasteiger partial charge < -0.3 is 15.6 Å². The maximum Gasteiger partial charge on any atom is 0.304 e. The van der Waals surface area contributed by atoms with Crippen LogP contribution in [0.4, 0.5) is 0 Å². The third-order valence-corrected chi connectivity index (χ3v) is 2.52. The molecule has 0 amide bonds. The van der Waals surface area contributed by atoms with Crippen LogP contribution in [0, 0.1) is 6.92 Å². The Hall–Kier alpha value is -1.56. The van der Waals surface area contributed by atoms with Crippen LogP contribution in [0.15, 0.2) is 0 Å². The molecule has 0 fully saturated rings. The van der Waals surface area contributed by atoms with Crippen LogP contribution in [-0.2, 0) is 11.8 Å². The van der Waals surface area contributed by atoms with Gasteiger partial charge in [0.15, 0.2) is 0 Å². The zero-order chi connectivity index (χ0) is 12.3. The Bertz CT molecular complexity index is 387. The summed E-state index contributed by atoms with van der Waals surface area (Å²) >= 11 is 0. The number of rotatable bonds is 5. The van der Waals surface area contributed by atoms with E-state index in [1.54, 1.807) is 11.7 Å². The van der Waals surface area contributed by atoms with Crippen LogP contribution < -0.4 is 10.5 Å². The van der Waals surface area contributed by atoms with Gasteiger partial charge in [0, 0.05) is 25.1 Å². The Labute approximate surface area is 94.0 Å². The minimum Gasteiger partial charge on any atom is -0.481 e. The predicted molar refractivity (Wildman–Crippen MR) is 58.5 cm³/mol. The summed E-state index contributed by atoms with van der Waals surface area (Å²) in [5.74, 6) is -0.559. The molecule has 0 saturated carbocycles. The SMILES string of the molecule is COc1c(C(CN)CC(=O)O)c(C)nn1C. The first-order valence-corrected chi connectivity index (χ1v) is 5.00. The van der Waals surface area contributed by atoms with E-state index >= 15 is 0 Å². The number of carboxylic acid groups (broad SMARTS) is 1. The van der Waals surface area contributed by atoms with Crippen molar-refractivity contribution in [2.75, 3.05) is 13.7 Å². The second-order valence-corrected chi connectivity index (χ2v) is 3.66. The van der Waals surface area contributed by atoms with Gasteiger partial charge in [0.25, 0.3) is 0 Å². The predicted octanol–water partition coefficient (Wildman–Crippen LogP) is 0.254. The van der Waals surface area contributed by atoms with Crippen LogP contribution in [0.3, 0.4) is 0 Å². The number of aryl methyl sites for hydroxylation is 2. The van der Waals surface area contributed by atoms with Gasteiger partial charge in [-0.3, -0.25) is 4.79 Å². The topological polar surface area (TPSA) is 90.4 Å². The molecule has 1 aromatic heterocycles. The van der Waals surface area contributed by atoms with Crippen molar-refractivity contribution >= 4 is 5.97 Å². The highest BCUT2D eigenvalue weighted by Crippen LogP contribution is 2.30. The van der Waals surface area contributed by atoms with Gasteiger partial charge in [0.2, 0.25) is 5.88 Å². The van der Waals surface area contributed by atoms with E-state index in [9.17, 15) is 4.79 Å². The molecule has 0 spiro atoms. The summed E-state index contributed by atoms with van der Waals surface area (Å²) < 4.78 is 6.81. The lowest BCUT2D eigenvalue weighted by Crippen LogP contribution is -2.17. The van der Waals surface area contributed by atoms with Crippen molar-refractivity contribution in [2.24, 2.45) is 12.8 Å². The van der Waals surface area contributed by atoms with E-state index < -0.39 is 5.97 Å². The van der Waals surface area contributed by atoms with Crippen molar-refractivity contribution in [2.45, 2.75) is 19.3 Å². The molecule has 0 aliphatic rings. The van der Waals surface area contributed by atoms with Gasteiger partial charge in [-0.05, 0) is 6.92 Å². The first-order valence-electron chi connectivity index (χ1n) is 5.00. The highest BCUT2D eigenvalue weighted by molar-refractivity contribution is 5.68. The van der Waals surface area contributed by atoms with Crippen LogP contribution in [0.5, 0.6) is 5.88 Å². The third-order valence-electron chi connectivity index (χ3n) is 2.52. The highest BCUT2D eigenvalue weighted by Gasteiger charge is 2.24. The fourth-order valence-corrected chi connectivity index (χ4v) is 1.88. The maximum atomic E-state index is 10.7. The number of hydrogen-bond donors (Lipinski definition) is 2. The summed E-state index contributed by atoms with van der Waals surface area (Å²) in [6, 6.07) is 0. The molecule has 0 radical (unpaired) electrons. The lowest BCUT2D eigenvalue weighted by atomic mass is 9.96. The molecule has 0 aliphatic carbocycles. The highest BCUT2D eigenvalue weighted by atomic mass is 16.5. The van der Waals surface area contributed by atoms with E-state index in [0.717, 1.165) is 11.3 Å². The van der Waals surface area contributed by atoms with Crippen molar-refractivity contribution in [3.05, 3.63) is 11.3 Å². The molecule has 3 N–H and O–H groups in total. The van der Waals surface area contributed by atoms with E-state index in [-0.39, 0.29) is 18.9 Å². The summed E-state index contributed by atoms with van der Waals surface area (Å²) in [6.45, 7) is 2.08. The fraction of sp³-hybridized carbons (Fsp3) is 0.600. The molecule has 1 rings (SSSR count). The first-order chi connectivity index (χ1) is 7.51. The van der Waals surface area contributed by atoms with Crippen molar-refractivity contribution in [3.8, 4) is 5.88 Å². The van der Waals surface area contributed by atoms with Gasteiger partial charge in [0.1, 0.15) is 0 Å². The minimum atomic E-state index is -0.874. The number of nitrogens with zero attached hydrogens (tertiary/aromatic N) is 2. The second kappa shape index (κ2) is 4.98. The zero-order valence-electron chi connectivity index (χ0n) is 9.73. The Morgan fingerprint density at radius 1 is 1.69 bits per heavy atom. The normalized spacial score (nSPS) is 12.5. The fourth-order valence-electron chi connectivity index (χ4n) is 1.88. The summed E-state index contributed by atoms with van der Waals surface area (Å²) in [5.41, 5.74) is 7.15. The number of nitrogens with two attached hydrogens (primary N) is 1. The first kappa shape index (κ1) is 12.5. The van der Waals surface area contributed by atoms with E-state index in [1.807, 2.05) is 6.92 Å². The van der Waals surface area contributed by atoms with Gasteiger partial charge >= 0.3 is 5.97 Å². The Balaban J connectivity index is 3.12. The Morgan fingerprint density at radius 3 is 2.75 bits per heavy atom. The molecular weight excluding hydrogens is 210 g/mol. The number of carbonyl (C=O) groups is 1. The molecule has 0 aromatic carbocycles. The van der Waals surface area contributed by atoms with Gasteiger partial charge in [-0.1, -0.05) is 0 Å². The molecule has 1 heterocycles. The number of aliphatic carboxylic acids is 1.